The molecule has 1 unspecified atom stereocenters. The summed E-state index contributed by atoms with van der Waals surface area (Å²) in [5.41, 5.74) is 3.32. The van der Waals surface area contributed by atoms with E-state index < -0.39 is 0 Å². The highest BCUT2D eigenvalue weighted by Crippen LogP contribution is 2.36. The van der Waals surface area contributed by atoms with Crippen LogP contribution in [0.3, 0.4) is 0 Å². The van der Waals surface area contributed by atoms with Crippen molar-refractivity contribution in [2.24, 2.45) is 5.41 Å². The van der Waals surface area contributed by atoms with Gasteiger partial charge in [0.25, 0.3) is 0 Å². The summed E-state index contributed by atoms with van der Waals surface area (Å²) in [7, 11) is 0. The molecular formula is C18H29BrN2. The van der Waals surface area contributed by atoms with E-state index in [0.29, 0.717) is 11.5 Å². The van der Waals surface area contributed by atoms with Crippen LogP contribution < -0.4 is 10.2 Å². The molecule has 0 amide bonds. The van der Waals surface area contributed by atoms with Crippen LogP contribution in [0.25, 0.3) is 0 Å². The molecule has 1 fully saturated rings. The largest absolute Gasteiger partial charge is 0.371 e. The first kappa shape index (κ1) is 16.8. The second kappa shape index (κ2) is 7.15. The van der Waals surface area contributed by atoms with Crippen molar-refractivity contribution in [2.45, 2.75) is 53.0 Å². The average molecular weight is 353 g/mol. The monoisotopic (exact) mass is 352 g/mol. The number of benzene rings is 1. The van der Waals surface area contributed by atoms with Crippen LogP contribution in [0.15, 0.2) is 22.7 Å². The van der Waals surface area contributed by atoms with Gasteiger partial charge in [0.1, 0.15) is 0 Å². The molecule has 0 saturated carbocycles. The third-order valence-electron chi connectivity index (χ3n) is 4.61. The van der Waals surface area contributed by atoms with Crippen molar-refractivity contribution < 1.29 is 0 Å². The van der Waals surface area contributed by atoms with Gasteiger partial charge in [0.15, 0.2) is 0 Å². The SMILES string of the molecule is CCCNC(C)c1cc(Br)ccc1N1CCC(C)(C)CC1. The lowest BCUT2D eigenvalue weighted by Gasteiger charge is -2.39. The maximum atomic E-state index is 3.63. The van der Waals surface area contributed by atoms with Crippen LogP contribution >= 0.6 is 15.9 Å². The van der Waals surface area contributed by atoms with Gasteiger partial charge < -0.3 is 10.2 Å². The van der Waals surface area contributed by atoms with Gasteiger partial charge in [-0.3, -0.25) is 0 Å². The number of nitrogens with one attached hydrogen (secondary N) is 1. The quantitative estimate of drug-likeness (QED) is 0.789. The summed E-state index contributed by atoms with van der Waals surface area (Å²) in [6.07, 6.45) is 3.73. The van der Waals surface area contributed by atoms with Crippen LogP contribution in [0.4, 0.5) is 5.69 Å². The van der Waals surface area contributed by atoms with E-state index in [1.165, 1.54) is 48.1 Å². The summed E-state index contributed by atoms with van der Waals surface area (Å²) in [4.78, 5) is 2.57. The van der Waals surface area contributed by atoms with E-state index in [-0.39, 0.29) is 0 Å². The molecule has 0 aliphatic carbocycles. The molecule has 2 nitrogen and oxygen atoms in total. The molecule has 1 saturated heterocycles. The van der Waals surface area contributed by atoms with Gasteiger partial charge in [-0.25, -0.2) is 0 Å². The zero-order chi connectivity index (χ0) is 15.5. The van der Waals surface area contributed by atoms with Gasteiger partial charge in [-0.15, -0.1) is 0 Å². The van der Waals surface area contributed by atoms with Gasteiger partial charge in [-0.2, -0.15) is 0 Å². The van der Waals surface area contributed by atoms with Crippen LogP contribution in [0.5, 0.6) is 0 Å². The first-order chi connectivity index (χ1) is 9.93. The second-order valence-corrected chi connectivity index (χ2v) is 7.95. The third kappa shape index (κ3) is 4.46. The van der Waals surface area contributed by atoms with Crippen molar-refractivity contribution in [3.63, 3.8) is 0 Å². The smallest absolute Gasteiger partial charge is 0.0415 e. The highest BCUT2D eigenvalue weighted by Gasteiger charge is 2.27. The number of nitrogens with zero attached hydrogens (tertiary/aromatic N) is 1. The predicted octanol–water partition coefficient (Wildman–Crippen LogP) is 5.14. The van der Waals surface area contributed by atoms with Crippen LogP contribution in [0, 0.1) is 5.41 Å². The maximum absolute atomic E-state index is 3.63. The van der Waals surface area contributed by atoms with Gasteiger partial charge in [0.2, 0.25) is 0 Å². The van der Waals surface area contributed by atoms with Gasteiger partial charge in [-0.1, -0.05) is 36.7 Å². The van der Waals surface area contributed by atoms with Crippen LogP contribution in [0.2, 0.25) is 0 Å². The Labute approximate surface area is 138 Å². The molecule has 1 atom stereocenters. The summed E-state index contributed by atoms with van der Waals surface area (Å²) in [5, 5.41) is 3.62. The summed E-state index contributed by atoms with van der Waals surface area (Å²) in [5.74, 6) is 0. The van der Waals surface area contributed by atoms with Gasteiger partial charge in [-0.05, 0) is 61.9 Å². The van der Waals surface area contributed by atoms with Crippen LogP contribution in [-0.4, -0.2) is 19.6 Å². The number of hydrogen-bond donors (Lipinski definition) is 1. The normalized spacial score (nSPS) is 19.6. The van der Waals surface area contributed by atoms with E-state index in [9.17, 15) is 0 Å². The molecule has 118 valence electrons. The Hall–Kier alpha value is -0.540. The summed E-state index contributed by atoms with van der Waals surface area (Å²) < 4.78 is 1.17. The van der Waals surface area contributed by atoms with Crippen molar-refractivity contribution in [3.8, 4) is 0 Å². The molecule has 1 aliphatic rings. The minimum absolute atomic E-state index is 0.396. The fourth-order valence-electron chi connectivity index (χ4n) is 2.98. The van der Waals surface area contributed by atoms with E-state index in [0.717, 1.165) is 6.54 Å². The van der Waals surface area contributed by atoms with Crippen molar-refractivity contribution in [1.29, 1.82) is 0 Å². The van der Waals surface area contributed by atoms with Crippen LogP contribution in [0.1, 0.15) is 58.6 Å². The van der Waals surface area contributed by atoms with Gasteiger partial charge in [0.05, 0.1) is 0 Å². The standard InChI is InChI=1S/C18H29BrN2/c1-5-10-20-14(2)16-13-15(19)6-7-17(16)21-11-8-18(3,4)9-12-21/h6-7,13-14,20H,5,8-12H2,1-4H3. The number of halogens is 1. The molecule has 1 N–H and O–H groups in total. The van der Waals surface area contributed by atoms with Crippen molar-refractivity contribution >= 4 is 21.6 Å². The lowest BCUT2D eigenvalue weighted by molar-refractivity contribution is 0.279. The Kier molecular flexibility index (Phi) is 5.73. The zero-order valence-electron chi connectivity index (χ0n) is 13.9. The summed E-state index contributed by atoms with van der Waals surface area (Å²) >= 11 is 3.63. The predicted molar refractivity (Wildman–Crippen MR) is 96.1 cm³/mol. The molecule has 3 heteroatoms. The Morgan fingerprint density at radius 2 is 1.95 bits per heavy atom. The molecule has 1 heterocycles. The van der Waals surface area contributed by atoms with E-state index >= 15 is 0 Å². The molecular weight excluding hydrogens is 324 g/mol. The number of piperidine rings is 1. The lowest BCUT2D eigenvalue weighted by atomic mass is 9.82. The van der Waals surface area contributed by atoms with Crippen LogP contribution in [-0.2, 0) is 0 Å². The molecule has 1 aromatic rings. The first-order valence-corrected chi connectivity index (χ1v) is 9.00. The Bertz CT molecular complexity index is 460. The maximum Gasteiger partial charge on any atom is 0.0415 e. The molecule has 0 radical (unpaired) electrons. The Balaban J connectivity index is 2.19. The molecule has 1 aromatic carbocycles. The molecule has 2 rings (SSSR count). The highest BCUT2D eigenvalue weighted by atomic mass is 79.9. The fourth-order valence-corrected chi connectivity index (χ4v) is 3.36. The number of rotatable bonds is 5. The molecule has 1 aliphatic heterocycles. The summed E-state index contributed by atoms with van der Waals surface area (Å²) in [6, 6.07) is 7.13. The van der Waals surface area contributed by atoms with Crippen molar-refractivity contribution in [2.75, 3.05) is 24.5 Å². The molecule has 0 aromatic heterocycles. The molecule has 21 heavy (non-hydrogen) atoms. The minimum Gasteiger partial charge on any atom is -0.371 e. The van der Waals surface area contributed by atoms with Gasteiger partial charge in [0, 0.05) is 29.3 Å². The number of anilines is 1. The van der Waals surface area contributed by atoms with E-state index in [2.05, 4.69) is 72.0 Å². The van der Waals surface area contributed by atoms with E-state index in [1.807, 2.05) is 0 Å². The molecule has 0 bridgehead atoms. The van der Waals surface area contributed by atoms with Crippen molar-refractivity contribution in [3.05, 3.63) is 28.2 Å². The van der Waals surface area contributed by atoms with E-state index in [4.69, 9.17) is 0 Å². The summed E-state index contributed by atoms with van der Waals surface area (Å²) in [6.45, 7) is 12.7. The third-order valence-corrected chi connectivity index (χ3v) is 5.11. The highest BCUT2D eigenvalue weighted by molar-refractivity contribution is 9.10. The van der Waals surface area contributed by atoms with E-state index in [1.54, 1.807) is 0 Å². The zero-order valence-corrected chi connectivity index (χ0v) is 15.5. The lowest BCUT2D eigenvalue weighted by Crippen LogP contribution is -2.38. The first-order valence-electron chi connectivity index (χ1n) is 8.21. The topological polar surface area (TPSA) is 15.3 Å². The van der Waals surface area contributed by atoms with Gasteiger partial charge >= 0.3 is 0 Å². The average Bonchev–Trinajstić information content (AvgIpc) is 2.45. The second-order valence-electron chi connectivity index (χ2n) is 7.03. The number of hydrogen-bond acceptors (Lipinski definition) is 2. The Morgan fingerprint density at radius 1 is 1.29 bits per heavy atom. The van der Waals surface area contributed by atoms with Crippen molar-refractivity contribution in [1.82, 2.24) is 5.32 Å². The fraction of sp³-hybridized carbons (Fsp3) is 0.667. The Morgan fingerprint density at radius 3 is 2.57 bits per heavy atom. The molecule has 0 spiro atoms. The minimum atomic E-state index is 0.396.